The van der Waals surface area contributed by atoms with E-state index >= 15 is 0 Å². The van der Waals surface area contributed by atoms with Gasteiger partial charge in [0, 0.05) is 31.9 Å². The van der Waals surface area contributed by atoms with Crippen molar-refractivity contribution in [3.8, 4) is 0 Å². The molecule has 1 amide bonds. The van der Waals surface area contributed by atoms with Crippen LogP contribution in [0.5, 0.6) is 0 Å². The lowest BCUT2D eigenvalue weighted by molar-refractivity contribution is 0.0729. The molecular weight excluding hydrogens is 354 g/mol. The zero-order chi connectivity index (χ0) is 18.1. The van der Waals surface area contributed by atoms with E-state index in [2.05, 4.69) is 9.71 Å². The number of carbonyl (C=O) groups is 1. The van der Waals surface area contributed by atoms with Crippen LogP contribution >= 0.6 is 0 Å². The number of rotatable bonds is 4. The van der Waals surface area contributed by atoms with Gasteiger partial charge in [-0.25, -0.2) is 13.1 Å². The minimum atomic E-state index is -3.56. The predicted octanol–water partition coefficient (Wildman–Crippen LogP) is 1.28. The van der Waals surface area contributed by atoms with Crippen LogP contribution in [0, 0.1) is 0 Å². The fraction of sp³-hybridized carbons (Fsp3) is 0.389. The van der Waals surface area contributed by atoms with E-state index in [-0.39, 0.29) is 16.8 Å². The summed E-state index contributed by atoms with van der Waals surface area (Å²) in [4.78, 5) is 17.4. The normalized spacial score (nSPS) is 20.2. The Morgan fingerprint density at radius 3 is 2.88 bits per heavy atom. The van der Waals surface area contributed by atoms with E-state index in [1.54, 1.807) is 35.4 Å². The molecule has 1 aromatic heterocycles. The van der Waals surface area contributed by atoms with Gasteiger partial charge in [-0.05, 0) is 48.2 Å². The van der Waals surface area contributed by atoms with Gasteiger partial charge in [0.05, 0.1) is 11.5 Å². The number of hydrogen-bond acceptors (Lipinski definition) is 4. The quantitative estimate of drug-likeness (QED) is 0.842. The molecule has 2 aromatic rings. The molecule has 1 aromatic carbocycles. The molecule has 1 saturated heterocycles. The standard InChI is InChI=1S/C18H21N3O4S/c22-18(17-2-1-7-19-17)21-8-5-13-10-16(4-3-14(13)11-21)26(23,24)20-15-6-9-25-12-15/h1-4,7,10,15,19-20H,5-6,8-9,11-12H2/t15-/m1/s1. The minimum Gasteiger partial charge on any atom is -0.380 e. The van der Waals surface area contributed by atoms with Crippen molar-refractivity contribution in [2.75, 3.05) is 19.8 Å². The van der Waals surface area contributed by atoms with Crippen LogP contribution in [0.2, 0.25) is 0 Å². The topological polar surface area (TPSA) is 91.5 Å². The van der Waals surface area contributed by atoms with Crippen LogP contribution in [-0.2, 0) is 27.7 Å². The Morgan fingerprint density at radius 1 is 1.27 bits per heavy atom. The summed E-state index contributed by atoms with van der Waals surface area (Å²) in [6.45, 7) is 2.05. The van der Waals surface area contributed by atoms with Crippen molar-refractivity contribution in [1.29, 1.82) is 0 Å². The van der Waals surface area contributed by atoms with Crippen LogP contribution in [0.3, 0.4) is 0 Å². The van der Waals surface area contributed by atoms with E-state index < -0.39 is 10.0 Å². The lowest BCUT2D eigenvalue weighted by Gasteiger charge is -2.29. The van der Waals surface area contributed by atoms with Crippen LogP contribution in [0.15, 0.2) is 41.4 Å². The van der Waals surface area contributed by atoms with Gasteiger partial charge in [-0.1, -0.05) is 6.07 Å². The van der Waals surface area contributed by atoms with Gasteiger partial charge in [0.2, 0.25) is 10.0 Å². The van der Waals surface area contributed by atoms with E-state index in [1.807, 2.05) is 6.07 Å². The van der Waals surface area contributed by atoms with E-state index in [0.717, 1.165) is 11.1 Å². The summed E-state index contributed by atoms with van der Waals surface area (Å²) in [5, 5.41) is 0. The maximum Gasteiger partial charge on any atom is 0.270 e. The number of fused-ring (bicyclic) bond motifs is 1. The van der Waals surface area contributed by atoms with E-state index in [4.69, 9.17) is 4.74 Å². The third-order valence-corrected chi connectivity index (χ3v) is 6.39. The number of aromatic amines is 1. The highest BCUT2D eigenvalue weighted by molar-refractivity contribution is 7.89. The fourth-order valence-electron chi connectivity index (χ4n) is 3.42. The summed E-state index contributed by atoms with van der Waals surface area (Å²) >= 11 is 0. The Bertz CT molecular complexity index is 903. The molecule has 1 fully saturated rings. The van der Waals surface area contributed by atoms with Crippen LogP contribution < -0.4 is 4.72 Å². The summed E-state index contributed by atoms with van der Waals surface area (Å²) in [7, 11) is -3.56. The summed E-state index contributed by atoms with van der Waals surface area (Å²) < 4.78 is 33.1. The maximum absolute atomic E-state index is 12.6. The first-order valence-corrected chi connectivity index (χ1v) is 10.2. The van der Waals surface area contributed by atoms with Gasteiger partial charge in [0.15, 0.2) is 0 Å². The summed E-state index contributed by atoms with van der Waals surface area (Å²) in [6, 6.07) is 8.54. The molecule has 0 aliphatic carbocycles. The molecule has 138 valence electrons. The van der Waals surface area contributed by atoms with Crippen LogP contribution in [0.25, 0.3) is 0 Å². The predicted molar refractivity (Wildman–Crippen MR) is 95.2 cm³/mol. The second-order valence-corrected chi connectivity index (χ2v) is 8.39. The molecule has 4 rings (SSSR count). The third kappa shape index (κ3) is 3.40. The molecule has 8 heteroatoms. The molecule has 0 radical (unpaired) electrons. The third-order valence-electron chi connectivity index (χ3n) is 4.87. The first-order valence-electron chi connectivity index (χ1n) is 8.67. The molecular formula is C18H21N3O4S. The van der Waals surface area contributed by atoms with Crippen molar-refractivity contribution < 1.29 is 17.9 Å². The molecule has 2 N–H and O–H groups in total. The van der Waals surface area contributed by atoms with E-state index in [9.17, 15) is 13.2 Å². The highest BCUT2D eigenvalue weighted by Gasteiger charge is 2.26. The Hall–Kier alpha value is -2.16. The van der Waals surface area contributed by atoms with Gasteiger partial charge in [-0.2, -0.15) is 0 Å². The number of aromatic nitrogens is 1. The largest absolute Gasteiger partial charge is 0.380 e. The fourth-order valence-corrected chi connectivity index (χ4v) is 4.72. The van der Waals surface area contributed by atoms with Crippen molar-refractivity contribution >= 4 is 15.9 Å². The van der Waals surface area contributed by atoms with Crippen molar-refractivity contribution in [3.05, 3.63) is 53.3 Å². The zero-order valence-electron chi connectivity index (χ0n) is 14.3. The number of carbonyl (C=O) groups excluding carboxylic acids is 1. The van der Waals surface area contributed by atoms with Crippen LogP contribution in [0.4, 0.5) is 0 Å². The number of benzene rings is 1. The van der Waals surface area contributed by atoms with Gasteiger partial charge in [0.1, 0.15) is 5.69 Å². The molecule has 26 heavy (non-hydrogen) atoms. The maximum atomic E-state index is 12.6. The summed E-state index contributed by atoms with van der Waals surface area (Å²) in [5.74, 6) is -0.0414. The monoisotopic (exact) mass is 375 g/mol. The second-order valence-electron chi connectivity index (χ2n) is 6.67. The SMILES string of the molecule is O=C(c1ccc[nH]1)N1CCc2cc(S(=O)(=O)N[C@@H]3CCOC3)ccc2C1. The molecule has 2 aliphatic rings. The van der Waals surface area contributed by atoms with Gasteiger partial charge in [0.25, 0.3) is 5.91 Å². The minimum absolute atomic E-state index is 0.0414. The summed E-state index contributed by atoms with van der Waals surface area (Å²) in [5.41, 5.74) is 2.53. The van der Waals surface area contributed by atoms with E-state index in [0.29, 0.717) is 44.8 Å². The Morgan fingerprint density at radius 2 is 2.15 bits per heavy atom. The first-order chi connectivity index (χ1) is 12.5. The van der Waals surface area contributed by atoms with Crippen molar-refractivity contribution in [1.82, 2.24) is 14.6 Å². The number of nitrogens with one attached hydrogen (secondary N) is 2. The average Bonchev–Trinajstić information content (AvgIpc) is 3.33. The van der Waals surface area contributed by atoms with Crippen LogP contribution in [0.1, 0.15) is 28.0 Å². The van der Waals surface area contributed by atoms with Crippen molar-refractivity contribution in [3.63, 3.8) is 0 Å². The average molecular weight is 375 g/mol. The lowest BCUT2D eigenvalue weighted by atomic mass is 9.99. The van der Waals surface area contributed by atoms with Crippen molar-refractivity contribution in [2.24, 2.45) is 0 Å². The molecule has 0 saturated carbocycles. The Balaban J connectivity index is 1.51. The molecule has 0 spiro atoms. The van der Waals surface area contributed by atoms with Gasteiger partial charge in [-0.3, -0.25) is 4.79 Å². The van der Waals surface area contributed by atoms with Gasteiger partial charge >= 0.3 is 0 Å². The first kappa shape index (κ1) is 17.3. The number of ether oxygens (including phenoxy) is 1. The lowest BCUT2D eigenvalue weighted by Crippen LogP contribution is -2.37. The van der Waals surface area contributed by atoms with Gasteiger partial charge < -0.3 is 14.6 Å². The molecule has 7 nitrogen and oxygen atoms in total. The molecule has 0 bridgehead atoms. The Labute approximate surface area is 152 Å². The Kier molecular flexibility index (Phi) is 4.56. The number of nitrogens with zero attached hydrogens (tertiary/aromatic N) is 1. The number of amides is 1. The highest BCUT2D eigenvalue weighted by Crippen LogP contribution is 2.24. The summed E-state index contributed by atoms with van der Waals surface area (Å²) in [6.07, 6.45) is 3.06. The smallest absolute Gasteiger partial charge is 0.270 e. The van der Waals surface area contributed by atoms with Gasteiger partial charge in [-0.15, -0.1) is 0 Å². The molecule has 0 unspecified atom stereocenters. The molecule has 1 atom stereocenters. The molecule has 2 aliphatic heterocycles. The van der Waals surface area contributed by atoms with Crippen molar-refractivity contribution in [2.45, 2.75) is 30.3 Å². The number of sulfonamides is 1. The number of hydrogen-bond donors (Lipinski definition) is 2. The second kappa shape index (κ2) is 6.86. The highest BCUT2D eigenvalue weighted by atomic mass is 32.2. The van der Waals surface area contributed by atoms with Crippen LogP contribution in [-0.4, -0.2) is 50.0 Å². The van der Waals surface area contributed by atoms with E-state index in [1.165, 1.54) is 0 Å². The zero-order valence-corrected chi connectivity index (χ0v) is 15.1. The molecule has 3 heterocycles. The number of H-pyrrole nitrogens is 1.